The van der Waals surface area contributed by atoms with Crippen LogP contribution in [0.3, 0.4) is 0 Å². The Morgan fingerprint density at radius 2 is 1.96 bits per heavy atom. The highest BCUT2D eigenvalue weighted by atomic mass is 16.2. The molecule has 0 saturated carbocycles. The number of hydrogen-bond donors (Lipinski definition) is 2. The number of fused-ring (bicyclic) bond motifs is 2. The van der Waals surface area contributed by atoms with Crippen molar-refractivity contribution in [3.05, 3.63) is 59.7 Å². The molecule has 6 heteroatoms. The van der Waals surface area contributed by atoms with Crippen molar-refractivity contribution in [2.45, 2.75) is 19.4 Å². The van der Waals surface area contributed by atoms with Crippen LogP contribution in [-0.4, -0.2) is 31.8 Å². The van der Waals surface area contributed by atoms with Crippen molar-refractivity contribution in [2.24, 2.45) is 5.73 Å². The number of rotatable bonds is 4. The third-order valence-electron chi connectivity index (χ3n) is 4.91. The van der Waals surface area contributed by atoms with Crippen molar-refractivity contribution in [1.82, 2.24) is 4.98 Å². The van der Waals surface area contributed by atoms with Gasteiger partial charge in [-0.3, -0.25) is 9.69 Å². The highest BCUT2D eigenvalue weighted by Crippen LogP contribution is 2.30. The minimum absolute atomic E-state index is 0.0670. The molecule has 3 N–H and O–H groups in total. The zero-order valence-electron chi connectivity index (χ0n) is 15.1. The van der Waals surface area contributed by atoms with Gasteiger partial charge in [0.2, 0.25) is 5.91 Å². The number of aromatic nitrogens is 1. The molecule has 27 heavy (non-hydrogen) atoms. The van der Waals surface area contributed by atoms with E-state index in [1.165, 1.54) is 0 Å². The highest BCUT2D eigenvalue weighted by molar-refractivity contribution is 6.32. The van der Waals surface area contributed by atoms with Gasteiger partial charge in [-0.2, -0.15) is 0 Å². The first-order valence-electron chi connectivity index (χ1n) is 9.17. The Hall–Kier alpha value is -2.86. The maximum atomic E-state index is 12.8. The summed E-state index contributed by atoms with van der Waals surface area (Å²) in [5.41, 5.74) is 10.4. The number of anilines is 2. The number of aryl methyl sites for hydroxylation is 1. The lowest BCUT2D eigenvalue weighted by atomic mass is 9.91. The van der Waals surface area contributed by atoms with Gasteiger partial charge in [0.25, 0.3) is 0 Å². The number of para-hydroxylation sites is 1. The van der Waals surface area contributed by atoms with Crippen LogP contribution in [0.1, 0.15) is 17.5 Å². The number of pyridine rings is 1. The summed E-state index contributed by atoms with van der Waals surface area (Å²) in [6.45, 7) is 1.68. The van der Waals surface area contributed by atoms with Crippen molar-refractivity contribution in [1.29, 1.82) is 0 Å². The SMILES string of the molecule is [B]c1ccc2c(c1)CCC(=O)N(c1cc(NCCN)c3ccccc3n1)C2. The molecule has 1 aliphatic heterocycles. The second-order valence-electron chi connectivity index (χ2n) is 6.77. The Morgan fingerprint density at radius 1 is 1.11 bits per heavy atom. The monoisotopic (exact) mass is 356 g/mol. The second-order valence-corrected chi connectivity index (χ2v) is 6.77. The van der Waals surface area contributed by atoms with E-state index in [1.54, 1.807) is 4.90 Å². The molecule has 0 fully saturated rings. The molecule has 0 bridgehead atoms. The zero-order valence-corrected chi connectivity index (χ0v) is 15.1. The average Bonchev–Trinajstić information content (AvgIpc) is 2.85. The van der Waals surface area contributed by atoms with Gasteiger partial charge in [-0.05, 0) is 23.6 Å². The number of carbonyl (C=O) groups excluding carboxylic acids is 1. The molecule has 134 valence electrons. The number of amides is 1. The molecule has 0 spiro atoms. The van der Waals surface area contributed by atoms with Crippen molar-refractivity contribution in [3.8, 4) is 0 Å². The lowest BCUT2D eigenvalue weighted by molar-refractivity contribution is -0.118. The maximum Gasteiger partial charge on any atom is 0.228 e. The van der Waals surface area contributed by atoms with Crippen LogP contribution in [0.2, 0.25) is 0 Å². The molecule has 2 aromatic carbocycles. The topological polar surface area (TPSA) is 71.2 Å². The summed E-state index contributed by atoms with van der Waals surface area (Å²) < 4.78 is 0. The molecule has 0 saturated heterocycles. The summed E-state index contributed by atoms with van der Waals surface area (Å²) in [6.07, 6.45) is 1.14. The van der Waals surface area contributed by atoms with E-state index in [0.717, 1.165) is 33.2 Å². The first kappa shape index (κ1) is 17.6. The van der Waals surface area contributed by atoms with Gasteiger partial charge < -0.3 is 11.1 Å². The molecule has 3 aromatic rings. The first-order chi connectivity index (χ1) is 13.2. The molecule has 2 radical (unpaired) electrons. The molecule has 0 unspecified atom stereocenters. The van der Waals surface area contributed by atoms with Crippen LogP contribution in [0.4, 0.5) is 11.5 Å². The van der Waals surface area contributed by atoms with Gasteiger partial charge in [0, 0.05) is 36.7 Å². The largest absolute Gasteiger partial charge is 0.383 e. The fraction of sp³-hybridized carbons (Fsp3) is 0.238. The van der Waals surface area contributed by atoms with E-state index in [9.17, 15) is 4.79 Å². The Morgan fingerprint density at radius 3 is 2.81 bits per heavy atom. The van der Waals surface area contributed by atoms with E-state index in [-0.39, 0.29) is 5.91 Å². The Labute approximate surface area is 160 Å². The van der Waals surface area contributed by atoms with Gasteiger partial charge in [0.05, 0.1) is 12.1 Å². The molecule has 4 rings (SSSR count). The molecule has 1 aliphatic rings. The molecule has 0 atom stereocenters. The summed E-state index contributed by atoms with van der Waals surface area (Å²) in [7, 11) is 5.91. The van der Waals surface area contributed by atoms with Gasteiger partial charge >= 0.3 is 0 Å². The summed E-state index contributed by atoms with van der Waals surface area (Å²) in [6, 6.07) is 15.7. The molecule has 5 nitrogen and oxygen atoms in total. The molecular formula is C21H21BN4O. The summed E-state index contributed by atoms with van der Waals surface area (Å²) in [4.78, 5) is 19.4. The van der Waals surface area contributed by atoms with E-state index >= 15 is 0 Å². The molecule has 2 heterocycles. The summed E-state index contributed by atoms with van der Waals surface area (Å²) in [5, 5.41) is 4.37. The fourth-order valence-corrected chi connectivity index (χ4v) is 3.53. The van der Waals surface area contributed by atoms with Crippen molar-refractivity contribution < 1.29 is 4.79 Å². The molecular weight excluding hydrogens is 335 g/mol. The quantitative estimate of drug-likeness (QED) is 0.701. The molecule has 0 aliphatic carbocycles. The van der Waals surface area contributed by atoms with Crippen LogP contribution < -0.4 is 21.4 Å². The lowest BCUT2D eigenvalue weighted by Gasteiger charge is -2.22. The van der Waals surface area contributed by atoms with Gasteiger partial charge in [-0.1, -0.05) is 41.9 Å². The van der Waals surface area contributed by atoms with Crippen LogP contribution >= 0.6 is 0 Å². The Bertz CT molecular complexity index is 1000. The van der Waals surface area contributed by atoms with E-state index < -0.39 is 0 Å². The standard InChI is InChI=1S/C21H21BN4O/c22-16-7-5-15-13-26(21(27)8-6-14(15)11-16)20-12-19(24-10-9-23)17-3-1-2-4-18(17)25-20/h1-5,7,11-12H,6,8-10,13,23H2,(H,24,25). The first-order valence-corrected chi connectivity index (χ1v) is 9.17. The van der Waals surface area contributed by atoms with Gasteiger partial charge in [0.1, 0.15) is 13.7 Å². The van der Waals surface area contributed by atoms with Crippen LogP contribution in [0, 0.1) is 0 Å². The van der Waals surface area contributed by atoms with E-state index in [2.05, 4.69) is 5.32 Å². The van der Waals surface area contributed by atoms with Crippen molar-refractivity contribution in [3.63, 3.8) is 0 Å². The Kier molecular flexibility index (Phi) is 4.82. The van der Waals surface area contributed by atoms with Gasteiger partial charge in [0.15, 0.2) is 0 Å². The number of carbonyl (C=O) groups is 1. The fourth-order valence-electron chi connectivity index (χ4n) is 3.53. The summed E-state index contributed by atoms with van der Waals surface area (Å²) in [5.74, 6) is 0.722. The van der Waals surface area contributed by atoms with Crippen LogP contribution in [0.15, 0.2) is 48.5 Å². The number of nitrogens with one attached hydrogen (secondary N) is 1. The third kappa shape index (κ3) is 3.53. The minimum Gasteiger partial charge on any atom is -0.383 e. The van der Waals surface area contributed by atoms with Crippen molar-refractivity contribution >= 4 is 41.6 Å². The molecule has 1 aromatic heterocycles. The normalized spacial score (nSPS) is 14.1. The number of nitrogens with two attached hydrogens (primary N) is 1. The zero-order chi connectivity index (χ0) is 18.8. The maximum absolute atomic E-state index is 12.8. The van der Waals surface area contributed by atoms with E-state index in [0.29, 0.717) is 38.3 Å². The average molecular weight is 356 g/mol. The smallest absolute Gasteiger partial charge is 0.228 e. The minimum atomic E-state index is 0.0670. The van der Waals surface area contributed by atoms with Gasteiger partial charge in [-0.25, -0.2) is 4.98 Å². The van der Waals surface area contributed by atoms with Crippen LogP contribution in [0.25, 0.3) is 10.9 Å². The number of benzene rings is 2. The van der Waals surface area contributed by atoms with Gasteiger partial charge in [-0.15, -0.1) is 0 Å². The lowest BCUT2D eigenvalue weighted by Crippen LogP contribution is -2.30. The van der Waals surface area contributed by atoms with E-state index in [1.807, 2.05) is 48.5 Å². The van der Waals surface area contributed by atoms with Crippen LogP contribution in [-0.2, 0) is 17.8 Å². The van der Waals surface area contributed by atoms with E-state index in [4.69, 9.17) is 18.6 Å². The second kappa shape index (κ2) is 7.41. The van der Waals surface area contributed by atoms with Crippen LogP contribution in [0.5, 0.6) is 0 Å². The molecule has 1 amide bonds. The summed E-state index contributed by atoms with van der Waals surface area (Å²) >= 11 is 0. The predicted octanol–water partition coefficient (Wildman–Crippen LogP) is 1.88. The third-order valence-corrected chi connectivity index (χ3v) is 4.91. The highest BCUT2D eigenvalue weighted by Gasteiger charge is 2.23. The Balaban J connectivity index is 1.78. The predicted molar refractivity (Wildman–Crippen MR) is 111 cm³/mol. The number of hydrogen-bond acceptors (Lipinski definition) is 4. The van der Waals surface area contributed by atoms with Crippen molar-refractivity contribution in [2.75, 3.05) is 23.3 Å². The number of nitrogens with zero attached hydrogens (tertiary/aromatic N) is 2.